The first kappa shape index (κ1) is 17.0. The van der Waals surface area contributed by atoms with Gasteiger partial charge < -0.3 is 19.1 Å². The van der Waals surface area contributed by atoms with Gasteiger partial charge in [-0.25, -0.2) is 0 Å². The predicted octanol–water partition coefficient (Wildman–Crippen LogP) is 1.96. The molecule has 3 heterocycles. The molecular weight excluding hydrogens is 306 g/mol. The lowest BCUT2D eigenvalue weighted by Gasteiger charge is -2.35. The molecular formula is C18H27N3O3. The summed E-state index contributed by atoms with van der Waals surface area (Å²) in [6, 6.07) is 4.11. The molecule has 2 aliphatic rings. The summed E-state index contributed by atoms with van der Waals surface area (Å²) in [4.78, 5) is 28.5. The van der Waals surface area contributed by atoms with Gasteiger partial charge in [-0.1, -0.05) is 0 Å². The van der Waals surface area contributed by atoms with Crippen LogP contribution in [0.1, 0.15) is 54.8 Å². The molecule has 0 radical (unpaired) electrons. The summed E-state index contributed by atoms with van der Waals surface area (Å²) in [5, 5.41) is 0. The number of piperidine rings is 1. The van der Waals surface area contributed by atoms with Crippen LogP contribution in [0.15, 0.2) is 12.1 Å². The Morgan fingerprint density at radius 3 is 2.71 bits per heavy atom. The molecule has 1 aromatic heterocycles. The van der Waals surface area contributed by atoms with E-state index in [1.807, 2.05) is 35.7 Å². The van der Waals surface area contributed by atoms with Crippen LogP contribution in [0.3, 0.4) is 0 Å². The van der Waals surface area contributed by atoms with Gasteiger partial charge in [0.1, 0.15) is 5.69 Å². The third-order valence-corrected chi connectivity index (χ3v) is 5.40. The fourth-order valence-electron chi connectivity index (χ4n) is 3.87. The average Bonchev–Trinajstić information content (AvgIpc) is 3.23. The van der Waals surface area contributed by atoms with Crippen LogP contribution in [-0.2, 0) is 16.6 Å². The highest BCUT2D eigenvalue weighted by Gasteiger charge is 2.31. The van der Waals surface area contributed by atoms with E-state index in [9.17, 15) is 9.59 Å². The zero-order valence-electron chi connectivity index (χ0n) is 14.8. The number of rotatable bonds is 3. The Bertz CT molecular complexity index is 619. The Kier molecular flexibility index (Phi) is 4.94. The first-order chi connectivity index (χ1) is 11.5. The summed E-state index contributed by atoms with van der Waals surface area (Å²) in [7, 11) is 3.77. The standard InChI is InChI=1S/C18H27N3O3/c1-13(22)21-10-5-4-6-16(21)15-7-8-17(20(15)3)18(23)19(2)14-9-11-24-12-14/h7-8,14,16H,4-6,9-12H2,1-3H3/t14-,16+/m0/s1. The minimum Gasteiger partial charge on any atom is -0.379 e. The van der Waals surface area contributed by atoms with Crippen LogP contribution in [0.25, 0.3) is 0 Å². The summed E-state index contributed by atoms with van der Waals surface area (Å²) in [6.45, 7) is 3.76. The number of hydrogen-bond acceptors (Lipinski definition) is 3. The van der Waals surface area contributed by atoms with Gasteiger partial charge in [0, 0.05) is 39.9 Å². The second-order valence-corrected chi connectivity index (χ2v) is 6.86. The van der Waals surface area contributed by atoms with Gasteiger partial charge in [-0.15, -0.1) is 0 Å². The van der Waals surface area contributed by atoms with E-state index in [1.165, 1.54) is 0 Å². The SMILES string of the molecule is CC(=O)N1CCCC[C@@H]1c1ccc(C(=O)N(C)[C@H]2CCOC2)n1C. The lowest BCUT2D eigenvalue weighted by molar-refractivity contribution is -0.132. The van der Waals surface area contributed by atoms with Gasteiger partial charge in [0.25, 0.3) is 5.91 Å². The molecule has 0 aromatic carbocycles. The topological polar surface area (TPSA) is 54.8 Å². The quantitative estimate of drug-likeness (QED) is 0.850. The molecule has 0 N–H and O–H groups in total. The van der Waals surface area contributed by atoms with Crippen LogP contribution in [-0.4, -0.2) is 59.0 Å². The van der Waals surface area contributed by atoms with Crippen LogP contribution >= 0.6 is 0 Å². The van der Waals surface area contributed by atoms with Crippen LogP contribution in [0.4, 0.5) is 0 Å². The van der Waals surface area contributed by atoms with Crippen LogP contribution < -0.4 is 0 Å². The predicted molar refractivity (Wildman–Crippen MR) is 90.7 cm³/mol. The minimum absolute atomic E-state index is 0.0180. The van der Waals surface area contributed by atoms with Gasteiger partial charge in [0.05, 0.1) is 18.7 Å². The second-order valence-electron chi connectivity index (χ2n) is 6.86. The van der Waals surface area contributed by atoms with E-state index in [0.717, 1.165) is 44.5 Å². The number of carbonyl (C=O) groups excluding carboxylic acids is 2. The van der Waals surface area contributed by atoms with Gasteiger partial charge >= 0.3 is 0 Å². The maximum atomic E-state index is 12.8. The molecule has 132 valence electrons. The maximum Gasteiger partial charge on any atom is 0.270 e. The number of amides is 2. The molecule has 0 bridgehead atoms. The minimum atomic E-state index is 0.0180. The number of carbonyl (C=O) groups is 2. The van der Waals surface area contributed by atoms with Crippen molar-refractivity contribution < 1.29 is 14.3 Å². The van der Waals surface area contributed by atoms with Crippen molar-refractivity contribution in [1.29, 1.82) is 0 Å². The van der Waals surface area contributed by atoms with Crippen molar-refractivity contribution in [3.05, 3.63) is 23.5 Å². The van der Waals surface area contributed by atoms with Gasteiger partial charge in [0.15, 0.2) is 0 Å². The van der Waals surface area contributed by atoms with Crippen LogP contribution in [0.5, 0.6) is 0 Å². The molecule has 2 aliphatic heterocycles. The van der Waals surface area contributed by atoms with Gasteiger partial charge in [-0.2, -0.15) is 0 Å². The number of nitrogens with zero attached hydrogens (tertiary/aromatic N) is 3. The summed E-state index contributed by atoms with van der Waals surface area (Å²) < 4.78 is 7.35. The molecule has 2 amide bonds. The summed E-state index contributed by atoms with van der Waals surface area (Å²) in [5.41, 5.74) is 1.72. The van der Waals surface area contributed by atoms with E-state index < -0.39 is 0 Å². The normalized spacial score (nSPS) is 24.2. The third kappa shape index (κ3) is 3.07. The van der Waals surface area contributed by atoms with Gasteiger partial charge in [-0.05, 0) is 37.8 Å². The molecule has 0 saturated carbocycles. The zero-order chi connectivity index (χ0) is 17.3. The average molecular weight is 333 g/mol. The molecule has 2 fully saturated rings. The van der Waals surface area contributed by atoms with E-state index >= 15 is 0 Å². The van der Waals surface area contributed by atoms with E-state index in [2.05, 4.69) is 0 Å². The highest BCUT2D eigenvalue weighted by Crippen LogP contribution is 2.32. The van der Waals surface area contributed by atoms with Crippen LogP contribution in [0, 0.1) is 0 Å². The highest BCUT2D eigenvalue weighted by atomic mass is 16.5. The number of hydrogen-bond donors (Lipinski definition) is 0. The number of likely N-dealkylation sites (N-methyl/N-ethyl adjacent to an activating group) is 1. The van der Waals surface area contributed by atoms with E-state index in [4.69, 9.17) is 4.74 Å². The third-order valence-electron chi connectivity index (χ3n) is 5.40. The molecule has 2 atom stereocenters. The second kappa shape index (κ2) is 6.97. The first-order valence-corrected chi connectivity index (χ1v) is 8.78. The van der Waals surface area contributed by atoms with Crippen molar-refractivity contribution in [1.82, 2.24) is 14.4 Å². The zero-order valence-corrected chi connectivity index (χ0v) is 14.8. The smallest absolute Gasteiger partial charge is 0.270 e. The van der Waals surface area contributed by atoms with E-state index in [-0.39, 0.29) is 23.9 Å². The largest absolute Gasteiger partial charge is 0.379 e. The summed E-state index contributed by atoms with van der Waals surface area (Å²) in [5.74, 6) is 0.124. The van der Waals surface area contributed by atoms with E-state index in [0.29, 0.717) is 12.3 Å². The Morgan fingerprint density at radius 1 is 1.25 bits per heavy atom. The highest BCUT2D eigenvalue weighted by molar-refractivity contribution is 5.93. The first-order valence-electron chi connectivity index (χ1n) is 8.78. The Labute approximate surface area is 143 Å². The number of ether oxygens (including phenoxy) is 1. The van der Waals surface area contributed by atoms with Crippen molar-refractivity contribution in [3.8, 4) is 0 Å². The van der Waals surface area contributed by atoms with Crippen molar-refractivity contribution in [3.63, 3.8) is 0 Å². The molecule has 1 aromatic rings. The van der Waals surface area contributed by atoms with E-state index in [1.54, 1.807) is 11.8 Å². The Balaban J connectivity index is 1.82. The number of aromatic nitrogens is 1. The fourth-order valence-corrected chi connectivity index (χ4v) is 3.87. The van der Waals surface area contributed by atoms with Crippen molar-refractivity contribution in [2.75, 3.05) is 26.8 Å². The summed E-state index contributed by atoms with van der Waals surface area (Å²) >= 11 is 0. The summed E-state index contributed by atoms with van der Waals surface area (Å²) in [6.07, 6.45) is 4.01. The lowest BCUT2D eigenvalue weighted by atomic mass is 9.99. The molecule has 0 spiro atoms. The van der Waals surface area contributed by atoms with Crippen molar-refractivity contribution in [2.24, 2.45) is 7.05 Å². The maximum absolute atomic E-state index is 12.8. The molecule has 3 rings (SSSR count). The fraction of sp³-hybridized carbons (Fsp3) is 0.667. The van der Waals surface area contributed by atoms with Crippen LogP contribution in [0.2, 0.25) is 0 Å². The van der Waals surface area contributed by atoms with Crippen molar-refractivity contribution in [2.45, 2.75) is 44.7 Å². The Hall–Kier alpha value is -1.82. The number of likely N-dealkylation sites (tertiary alicyclic amines) is 1. The molecule has 2 saturated heterocycles. The molecule has 6 heteroatoms. The molecule has 0 unspecified atom stereocenters. The molecule has 6 nitrogen and oxygen atoms in total. The molecule has 0 aliphatic carbocycles. The van der Waals surface area contributed by atoms with Gasteiger partial charge in [0.2, 0.25) is 5.91 Å². The Morgan fingerprint density at radius 2 is 2.04 bits per heavy atom. The lowest BCUT2D eigenvalue weighted by Crippen LogP contribution is -2.39. The monoisotopic (exact) mass is 333 g/mol. The van der Waals surface area contributed by atoms with Gasteiger partial charge in [-0.3, -0.25) is 9.59 Å². The van der Waals surface area contributed by atoms with Crippen molar-refractivity contribution >= 4 is 11.8 Å². The molecule has 24 heavy (non-hydrogen) atoms.